The summed E-state index contributed by atoms with van der Waals surface area (Å²) in [6.07, 6.45) is 17.5. The molecule has 116 valence electrons. The fourth-order valence-electron chi connectivity index (χ4n) is 5.77. The zero-order valence-corrected chi connectivity index (χ0v) is 13.4. The van der Waals surface area contributed by atoms with Crippen LogP contribution in [0.3, 0.4) is 0 Å². The Balaban J connectivity index is 1.41. The summed E-state index contributed by atoms with van der Waals surface area (Å²) in [4.78, 5) is 0. The summed E-state index contributed by atoms with van der Waals surface area (Å²) in [6.45, 7) is 2.28. The number of hydrogen-bond donors (Lipinski definition) is 1. The predicted octanol–water partition coefficient (Wildman–Crippen LogP) is 5.31. The Hall–Kier alpha value is -0.0400. The smallest absolute Gasteiger partial charge is 0.0704 e. The maximum atomic E-state index is 11.2. The van der Waals surface area contributed by atoms with Gasteiger partial charge in [-0.1, -0.05) is 51.9 Å². The molecule has 0 saturated heterocycles. The van der Waals surface area contributed by atoms with E-state index in [1.54, 1.807) is 0 Å². The van der Waals surface area contributed by atoms with Crippen LogP contribution in [0.4, 0.5) is 0 Å². The first-order chi connectivity index (χ1) is 9.72. The quantitative estimate of drug-likeness (QED) is 0.596. The highest BCUT2D eigenvalue weighted by Gasteiger charge is 2.55. The van der Waals surface area contributed by atoms with Crippen molar-refractivity contribution in [2.24, 2.45) is 23.7 Å². The molecule has 4 aliphatic rings. The van der Waals surface area contributed by atoms with E-state index in [0.717, 1.165) is 18.3 Å². The Bertz CT molecular complexity index is 281. The van der Waals surface area contributed by atoms with Crippen molar-refractivity contribution in [3.05, 3.63) is 0 Å². The summed E-state index contributed by atoms with van der Waals surface area (Å²) in [5, 5.41) is 11.2. The normalized spacial score (nSPS) is 42.3. The molecule has 20 heavy (non-hydrogen) atoms. The Labute approximate surface area is 125 Å². The van der Waals surface area contributed by atoms with E-state index in [1.807, 2.05) is 0 Å². The van der Waals surface area contributed by atoms with E-state index in [2.05, 4.69) is 6.92 Å². The lowest BCUT2D eigenvalue weighted by Gasteiger charge is -2.59. The molecule has 0 heterocycles. The third-order valence-corrected chi connectivity index (χ3v) is 6.73. The molecule has 1 N–H and O–H groups in total. The summed E-state index contributed by atoms with van der Waals surface area (Å²) in [6, 6.07) is 0. The SMILES string of the molecule is CCCCCCCCCC1(O)C2CC3CC(C2)CC1C3. The zero-order chi connectivity index (χ0) is 14.0. The molecule has 1 heteroatoms. The van der Waals surface area contributed by atoms with Crippen molar-refractivity contribution in [2.45, 2.75) is 96.0 Å². The minimum absolute atomic E-state index is 0.253. The number of aliphatic hydroxyl groups is 1. The first-order valence-corrected chi connectivity index (χ1v) is 9.44. The molecule has 0 radical (unpaired) electrons. The first-order valence-electron chi connectivity index (χ1n) is 9.44. The number of rotatable bonds is 8. The van der Waals surface area contributed by atoms with E-state index in [1.165, 1.54) is 77.0 Å². The average Bonchev–Trinajstić information content (AvgIpc) is 2.43. The van der Waals surface area contributed by atoms with Gasteiger partial charge in [-0.15, -0.1) is 0 Å². The molecule has 0 amide bonds. The van der Waals surface area contributed by atoms with Gasteiger partial charge >= 0.3 is 0 Å². The van der Waals surface area contributed by atoms with Crippen molar-refractivity contribution >= 4 is 0 Å². The molecule has 4 saturated carbocycles. The second-order valence-electron chi connectivity index (χ2n) is 8.17. The largest absolute Gasteiger partial charge is 0.389 e. The molecule has 4 aliphatic carbocycles. The van der Waals surface area contributed by atoms with Crippen LogP contribution in [0.5, 0.6) is 0 Å². The van der Waals surface area contributed by atoms with Gasteiger partial charge in [-0.05, 0) is 62.2 Å². The van der Waals surface area contributed by atoms with Crippen LogP contribution in [0, 0.1) is 23.7 Å². The summed E-state index contributed by atoms with van der Waals surface area (Å²) >= 11 is 0. The highest BCUT2D eigenvalue weighted by molar-refractivity contribution is 5.06. The van der Waals surface area contributed by atoms with Crippen molar-refractivity contribution in [2.75, 3.05) is 0 Å². The highest BCUT2D eigenvalue weighted by atomic mass is 16.3. The molecule has 0 spiro atoms. The van der Waals surface area contributed by atoms with Crippen LogP contribution in [-0.2, 0) is 0 Å². The molecule has 4 rings (SSSR count). The topological polar surface area (TPSA) is 20.2 Å². The van der Waals surface area contributed by atoms with Crippen LogP contribution in [0.25, 0.3) is 0 Å². The minimum atomic E-state index is -0.253. The fraction of sp³-hybridized carbons (Fsp3) is 1.00. The Kier molecular flexibility index (Phi) is 4.75. The van der Waals surface area contributed by atoms with Gasteiger partial charge in [0.05, 0.1) is 5.60 Å². The zero-order valence-electron chi connectivity index (χ0n) is 13.4. The first kappa shape index (κ1) is 14.9. The van der Waals surface area contributed by atoms with E-state index in [-0.39, 0.29) is 5.60 Å². The summed E-state index contributed by atoms with van der Waals surface area (Å²) in [5.41, 5.74) is -0.253. The van der Waals surface area contributed by atoms with Gasteiger partial charge in [0.2, 0.25) is 0 Å². The lowest BCUT2D eigenvalue weighted by molar-refractivity contribution is -0.176. The molecule has 4 fully saturated rings. The lowest BCUT2D eigenvalue weighted by Crippen LogP contribution is -2.57. The third-order valence-electron chi connectivity index (χ3n) is 6.73. The molecular weight excluding hydrogens is 244 g/mol. The number of unbranched alkanes of at least 4 members (excludes halogenated alkanes) is 6. The van der Waals surface area contributed by atoms with Gasteiger partial charge in [0, 0.05) is 0 Å². The van der Waals surface area contributed by atoms with Crippen molar-refractivity contribution in [3.63, 3.8) is 0 Å². The fourth-order valence-corrected chi connectivity index (χ4v) is 5.77. The van der Waals surface area contributed by atoms with E-state index >= 15 is 0 Å². The maximum Gasteiger partial charge on any atom is 0.0704 e. The van der Waals surface area contributed by atoms with Crippen LogP contribution in [0.1, 0.15) is 90.4 Å². The molecule has 0 aromatic carbocycles. The molecule has 0 aromatic heterocycles. The van der Waals surface area contributed by atoms with Gasteiger partial charge < -0.3 is 5.11 Å². The summed E-state index contributed by atoms with van der Waals surface area (Å²) in [5.74, 6) is 3.29. The second kappa shape index (κ2) is 6.38. The Morgan fingerprint density at radius 3 is 1.80 bits per heavy atom. The van der Waals surface area contributed by atoms with E-state index in [0.29, 0.717) is 11.8 Å². The van der Waals surface area contributed by atoms with Gasteiger partial charge in [-0.25, -0.2) is 0 Å². The van der Waals surface area contributed by atoms with Gasteiger partial charge in [-0.3, -0.25) is 0 Å². The van der Waals surface area contributed by atoms with Crippen LogP contribution in [0.2, 0.25) is 0 Å². The summed E-state index contributed by atoms with van der Waals surface area (Å²) < 4.78 is 0. The number of hydrogen-bond acceptors (Lipinski definition) is 1. The molecule has 0 atom stereocenters. The molecular formula is C19H34O. The van der Waals surface area contributed by atoms with Crippen LogP contribution >= 0.6 is 0 Å². The Morgan fingerprint density at radius 2 is 1.25 bits per heavy atom. The average molecular weight is 278 g/mol. The van der Waals surface area contributed by atoms with Crippen LogP contribution < -0.4 is 0 Å². The third kappa shape index (κ3) is 2.93. The molecule has 1 nitrogen and oxygen atoms in total. The van der Waals surface area contributed by atoms with Crippen molar-refractivity contribution < 1.29 is 5.11 Å². The molecule has 4 bridgehead atoms. The minimum Gasteiger partial charge on any atom is -0.389 e. The van der Waals surface area contributed by atoms with E-state index in [4.69, 9.17) is 0 Å². The molecule has 0 aromatic rings. The highest BCUT2D eigenvalue weighted by Crippen LogP contribution is 2.59. The molecule has 0 aliphatic heterocycles. The Morgan fingerprint density at radius 1 is 0.750 bits per heavy atom. The van der Waals surface area contributed by atoms with E-state index in [9.17, 15) is 5.11 Å². The van der Waals surface area contributed by atoms with Gasteiger partial charge in [0.15, 0.2) is 0 Å². The summed E-state index contributed by atoms with van der Waals surface area (Å²) in [7, 11) is 0. The van der Waals surface area contributed by atoms with Crippen LogP contribution in [0.15, 0.2) is 0 Å². The van der Waals surface area contributed by atoms with Gasteiger partial charge in [0.1, 0.15) is 0 Å². The van der Waals surface area contributed by atoms with Crippen molar-refractivity contribution in [1.29, 1.82) is 0 Å². The van der Waals surface area contributed by atoms with E-state index < -0.39 is 0 Å². The molecule has 0 unspecified atom stereocenters. The predicted molar refractivity (Wildman–Crippen MR) is 84.6 cm³/mol. The standard InChI is InChI=1S/C19H34O/c1-2-3-4-5-6-7-8-9-19(20)17-11-15-10-16(13-17)14-18(19)12-15/h15-18,20H,2-14H2,1H3. The van der Waals surface area contributed by atoms with Crippen molar-refractivity contribution in [3.8, 4) is 0 Å². The lowest BCUT2D eigenvalue weighted by atomic mass is 9.49. The second-order valence-corrected chi connectivity index (χ2v) is 8.17. The maximum absolute atomic E-state index is 11.2. The van der Waals surface area contributed by atoms with Gasteiger partial charge in [-0.2, -0.15) is 0 Å². The monoisotopic (exact) mass is 278 g/mol. The van der Waals surface area contributed by atoms with Gasteiger partial charge in [0.25, 0.3) is 0 Å². The van der Waals surface area contributed by atoms with Crippen molar-refractivity contribution in [1.82, 2.24) is 0 Å². The van der Waals surface area contributed by atoms with Crippen LogP contribution in [-0.4, -0.2) is 10.7 Å².